The maximum absolute atomic E-state index is 12.6. The molecule has 0 unspecified atom stereocenters. The van der Waals surface area contributed by atoms with Crippen LogP contribution in [0.4, 0.5) is 13.2 Å². The molecule has 0 amide bonds. The Balaban J connectivity index is 2.28. The normalized spacial score (nSPS) is 11.3. The Bertz CT molecular complexity index is 716. The van der Waals surface area contributed by atoms with Gasteiger partial charge in [-0.1, -0.05) is 12.1 Å². The predicted molar refractivity (Wildman–Crippen MR) is 79.0 cm³/mol. The minimum absolute atomic E-state index is 0.0941. The molecule has 6 heteroatoms. The highest BCUT2D eigenvalue weighted by Crippen LogP contribution is 2.30. The van der Waals surface area contributed by atoms with Crippen LogP contribution >= 0.6 is 0 Å². The van der Waals surface area contributed by atoms with Gasteiger partial charge in [-0.25, -0.2) is 0 Å². The van der Waals surface area contributed by atoms with Crippen molar-refractivity contribution < 1.29 is 17.9 Å². The van der Waals surface area contributed by atoms with E-state index in [-0.39, 0.29) is 12.5 Å². The molecule has 1 heterocycles. The number of nitrogens with zero attached hydrogens (tertiary/aromatic N) is 2. The average molecular weight is 320 g/mol. The molecule has 0 bridgehead atoms. The summed E-state index contributed by atoms with van der Waals surface area (Å²) in [6.45, 7) is 3.69. The van der Waals surface area contributed by atoms with E-state index in [0.717, 1.165) is 12.1 Å². The molecule has 2 rings (SSSR count). The van der Waals surface area contributed by atoms with Crippen molar-refractivity contribution in [2.24, 2.45) is 0 Å². The second-order valence-electron chi connectivity index (χ2n) is 5.28. The quantitative estimate of drug-likeness (QED) is 0.841. The third kappa shape index (κ3) is 4.22. The number of rotatable bonds is 4. The Morgan fingerprint density at radius 3 is 2.35 bits per heavy atom. The van der Waals surface area contributed by atoms with E-state index >= 15 is 0 Å². The van der Waals surface area contributed by atoms with Crippen molar-refractivity contribution in [2.75, 3.05) is 0 Å². The summed E-state index contributed by atoms with van der Waals surface area (Å²) in [4.78, 5) is 4.16. The van der Waals surface area contributed by atoms with E-state index in [2.05, 4.69) is 11.1 Å². The topological polar surface area (TPSA) is 45.9 Å². The van der Waals surface area contributed by atoms with Crippen LogP contribution < -0.4 is 4.74 Å². The zero-order valence-corrected chi connectivity index (χ0v) is 12.7. The highest BCUT2D eigenvalue weighted by molar-refractivity contribution is 5.47. The number of alkyl halides is 3. The van der Waals surface area contributed by atoms with Crippen molar-refractivity contribution in [3.8, 4) is 11.8 Å². The SMILES string of the molecule is CC(C)Oc1ccnc(Cc2ccc(C(F)(F)F)cc2)c1C#N. The van der Waals surface area contributed by atoms with Gasteiger partial charge in [0.2, 0.25) is 0 Å². The number of pyridine rings is 1. The van der Waals surface area contributed by atoms with Gasteiger partial charge in [-0.3, -0.25) is 4.98 Å². The summed E-state index contributed by atoms with van der Waals surface area (Å²) in [5.41, 5.74) is 0.724. The lowest BCUT2D eigenvalue weighted by Crippen LogP contribution is -2.09. The first-order chi connectivity index (χ1) is 10.8. The van der Waals surface area contributed by atoms with Crippen LogP contribution in [-0.2, 0) is 12.6 Å². The van der Waals surface area contributed by atoms with E-state index in [4.69, 9.17) is 4.74 Å². The van der Waals surface area contributed by atoms with Crippen molar-refractivity contribution in [1.82, 2.24) is 4.98 Å². The minimum Gasteiger partial charge on any atom is -0.489 e. The highest BCUT2D eigenvalue weighted by atomic mass is 19.4. The van der Waals surface area contributed by atoms with Gasteiger partial charge in [0.25, 0.3) is 0 Å². The van der Waals surface area contributed by atoms with Gasteiger partial charge in [0.1, 0.15) is 17.4 Å². The molecule has 23 heavy (non-hydrogen) atoms. The fourth-order valence-electron chi connectivity index (χ4n) is 2.10. The van der Waals surface area contributed by atoms with Crippen LogP contribution in [0, 0.1) is 11.3 Å². The molecule has 2 aromatic rings. The largest absolute Gasteiger partial charge is 0.489 e. The van der Waals surface area contributed by atoms with Crippen molar-refractivity contribution in [2.45, 2.75) is 32.5 Å². The standard InChI is InChI=1S/C17H15F3N2O/c1-11(2)23-16-7-8-22-15(14(16)10-21)9-12-3-5-13(6-4-12)17(18,19)20/h3-8,11H,9H2,1-2H3. The lowest BCUT2D eigenvalue weighted by atomic mass is 10.0. The second-order valence-corrected chi connectivity index (χ2v) is 5.28. The molecule has 0 aliphatic heterocycles. The smallest absolute Gasteiger partial charge is 0.416 e. The molecule has 0 atom stereocenters. The van der Waals surface area contributed by atoms with Crippen LogP contribution in [0.1, 0.15) is 36.2 Å². The Hall–Kier alpha value is -2.55. The van der Waals surface area contributed by atoms with Gasteiger partial charge in [-0.2, -0.15) is 18.4 Å². The van der Waals surface area contributed by atoms with Crippen LogP contribution in [0.2, 0.25) is 0 Å². The van der Waals surface area contributed by atoms with Gasteiger partial charge in [-0.05, 0) is 37.6 Å². The monoisotopic (exact) mass is 320 g/mol. The lowest BCUT2D eigenvalue weighted by Gasteiger charge is -2.13. The van der Waals surface area contributed by atoms with E-state index < -0.39 is 11.7 Å². The summed E-state index contributed by atoms with van der Waals surface area (Å²) < 4.78 is 43.3. The van der Waals surface area contributed by atoms with Gasteiger partial charge in [0.15, 0.2) is 0 Å². The van der Waals surface area contributed by atoms with E-state index in [1.165, 1.54) is 18.3 Å². The maximum atomic E-state index is 12.6. The lowest BCUT2D eigenvalue weighted by molar-refractivity contribution is -0.137. The summed E-state index contributed by atoms with van der Waals surface area (Å²) in [5, 5.41) is 9.32. The molecule has 0 aliphatic rings. The highest BCUT2D eigenvalue weighted by Gasteiger charge is 2.29. The fraction of sp³-hybridized carbons (Fsp3) is 0.294. The van der Waals surface area contributed by atoms with E-state index in [9.17, 15) is 18.4 Å². The zero-order valence-electron chi connectivity index (χ0n) is 12.7. The van der Waals surface area contributed by atoms with Gasteiger partial charge in [-0.15, -0.1) is 0 Å². The number of aromatic nitrogens is 1. The van der Waals surface area contributed by atoms with Gasteiger partial charge < -0.3 is 4.74 Å². The average Bonchev–Trinajstić information content (AvgIpc) is 2.46. The summed E-state index contributed by atoms with van der Waals surface area (Å²) in [5.74, 6) is 0.430. The van der Waals surface area contributed by atoms with Crippen LogP contribution in [0.5, 0.6) is 5.75 Å². The molecule has 1 aromatic heterocycles. The van der Waals surface area contributed by atoms with Crippen molar-refractivity contribution in [3.05, 3.63) is 58.9 Å². The summed E-state index contributed by atoms with van der Waals surface area (Å²) in [6, 6.07) is 8.49. The predicted octanol–water partition coefficient (Wildman–Crippen LogP) is 4.35. The minimum atomic E-state index is -4.36. The maximum Gasteiger partial charge on any atom is 0.416 e. The first-order valence-electron chi connectivity index (χ1n) is 7.02. The number of halogens is 3. The molecule has 1 aromatic carbocycles. The zero-order chi connectivity index (χ0) is 17.0. The molecule has 0 saturated heterocycles. The molecule has 0 radical (unpaired) electrons. The Morgan fingerprint density at radius 1 is 1.17 bits per heavy atom. The molecule has 0 fully saturated rings. The molecule has 120 valence electrons. The number of hydrogen-bond donors (Lipinski definition) is 0. The molecule has 0 aliphatic carbocycles. The van der Waals surface area contributed by atoms with Gasteiger partial charge >= 0.3 is 6.18 Å². The third-order valence-electron chi connectivity index (χ3n) is 3.12. The van der Waals surface area contributed by atoms with Crippen LogP contribution in [0.25, 0.3) is 0 Å². The summed E-state index contributed by atoms with van der Waals surface area (Å²) in [7, 11) is 0. The fourth-order valence-corrected chi connectivity index (χ4v) is 2.10. The Kier molecular flexibility index (Phi) is 4.89. The number of hydrogen-bond acceptors (Lipinski definition) is 3. The van der Waals surface area contributed by atoms with Crippen molar-refractivity contribution in [3.63, 3.8) is 0 Å². The Labute approximate surface area is 132 Å². The number of benzene rings is 1. The van der Waals surface area contributed by atoms with Crippen LogP contribution in [-0.4, -0.2) is 11.1 Å². The van der Waals surface area contributed by atoms with Crippen molar-refractivity contribution in [1.29, 1.82) is 5.26 Å². The second kappa shape index (κ2) is 6.69. The molecular formula is C17H15F3N2O. The number of nitriles is 1. The third-order valence-corrected chi connectivity index (χ3v) is 3.12. The van der Waals surface area contributed by atoms with E-state index in [1.54, 1.807) is 6.07 Å². The molecular weight excluding hydrogens is 305 g/mol. The number of ether oxygens (including phenoxy) is 1. The van der Waals surface area contributed by atoms with Gasteiger partial charge in [0, 0.05) is 12.6 Å². The van der Waals surface area contributed by atoms with Crippen molar-refractivity contribution >= 4 is 0 Å². The molecule has 0 spiro atoms. The van der Waals surface area contributed by atoms with Crippen LogP contribution in [0.3, 0.4) is 0 Å². The summed E-state index contributed by atoms with van der Waals surface area (Å²) >= 11 is 0. The Morgan fingerprint density at radius 2 is 1.83 bits per heavy atom. The molecule has 0 N–H and O–H groups in total. The first kappa shape index (κ1) is 16.8. The van der Waals surface area contributed by atoms with Gasteiger partial charge in [0.05, 0.1) is 17.4 Å². The van der Waals surface area contributed by atoms with Crippen LogP contribution in [0.15, 0.2) is 36.5 Å². The molecule has 3 nitrogen and oxygen atoms in total. The van der Waals surface area contributed by atoms with E-state index in [0.29, 0.717) is 22.6 Å². The molecule has 0 saturated carbocycles. The van der Waals surface area contributed by atoms with E-state index in [1.807, 2.05) is 13.8 Å². The first-order valence-corrected chi connectivity index (χ1v) is 7.02. The summed E-state index contributed by atoms with van der Waals surface area (Å²) in [6.07, 6.45) is -2.67.